The van der Waals surface area contributed by atoms with E-state index in [1.807, 2.05) is 31.2 Å². The molecule has 0 bridgehead atoms. The monoisotopic (exact) mass is 260 g/mol. The van der Waals surface area contributed by atoms with E-state index in [9.17, 15) is 4.79 Å². The van der Waals surface area contributed by atoms with Crippen LogP contribution in [0.1, 0.15) is 56.3 Å². The fourth-order valence-corrected chi connectivity index (χ4v) is 3.04. The van der Waals surface area contributed by atoms with Gasteiger partial charge in [0.05, 0.1) is 6.61 Å². The van der Waals surface area contributed by atoms with E-state index in [0.29, 0.717) is 12.4 Å². The minimum Gasteiger partial charge on any atom is -0.494 e. The normalized spacial score (nSPS) is 23.1. The Morgan fingerprint density at radius 3 is 2.89 bits per heavy atom. The highest BCUT2D eigenvalue weighted by molar-refractivity contribution is 5.98. The first-order valence-electron chi connectivity index (χ1n) is 7.51. The van der Waals surface area contributed by atoms with Crippen LogP contribution in [0.2, 0.25) is 0 Å². The lowest BCUT2D eigenvalue weighted by Crippen LogP contribution is -2.22. The molecule has 1 aliphatic rings. The highest BCUT2D eigenvalue weighted by atomic mass is 16.5. The van der Waals surface area contributed by atoms with E-state index >= 15 is 0 Å². The molecule has 0 aromatic heterocycles. The van der Waals surface area contributed by atoms with Gasteiger partial charge in [-0.3, -0.25) is 4.79 Å². The maximum atomic E-state index is 12.6. The van der Waals surface area contributed by atoms with Gasteiger partial charge in [-0.2, -0.15) is 0 Å². The van der Waals surface area contributed by atoms with Crippen molar-refractivity contribution < 1.29 is 9.53 Å². The zero-order valence-corrected chi connectivity index (χ0v) is 12.0. The zero-order valence-electron chi connectivity index (χ0n) is 12.0. The summed E-state index contributed by atoms with van der Waals surface area (Å²) in [6, 6.07) is 7.64. The molecule has 0 aliphatic heterocycles. The van der Waals surface area contributed by atoms with Crippen LogP contribution in [0.4, 0.5) is 0 Å². The number of rotatable bonds is 5. The van der Waals surface area contributed by atoms with E-state index in [1.54, 1.807) is 0 Å². The molecule has 0 N–H and O–H groups in total. The van der Waals surface area contributed by atoms with Crippen molar-refractivity contribution in [3.05, 3.63) is 29.8 Å². The van der Waals surface area contributed by atoms with Crippen molar-refractivity contribution in [3.8, 4) is 5.75 Å². The molecule has 1 aromatic carbocycles. The number of Topliss-reactive ketones (excluding diaryl/α,β-unsaturated/α-hetero) is 1. The molecule has 2 unspecified atom stereocenters. The van der Waals surface area contributed by atoms with Gasteiger partial charge in [-0.05, 0) is 37.8 Å². The Labute approximate surface area is 116 Å². The summed E-state index contributed by atoms with van der Waals surface area (Å²) in [5.74, 6) is 2.06. The molecular formula is C17H24O2. The second kappa shape index (κ2) is 6.74. The Balaban J connectivity index is 2.08. The van der Waals surface area contributed by atoms with Crippen LogP contribution in [0.25, 0.3) is 0 Å². The quantitative estimate of drug-likeness (QED) is 0.729. The average molecular weight is 260 g/mol. The van der Waals surface area contributed by atoms with Gasteiger partial charge < -0.3 is 4.74 Å². The lowest BCUT2D eigenvalue weighted by Gasteiger charge is -2.27. The predicted octanol–water partition coefficient (Wildman–Crippen LogP) is 4.48. The maximum Gasteiger partial charge on any atom is 0.166 e. The molecule has 104 valence electrons. The van der Waals surface area contributed by atoms with Gasteiger partial charge >= 0.3 is 0 Å². The van der Waals surface area contributed by atoms with Crippen LogP contribution >= 0.6 is 0 Å². The Bertz CT molecular complexity index is 425. The smallest absolute Gasteiger partial charge is 0.166 e. The first-order valence-corrected chi connectivity index (χ1v) is 7.51. The molecule has 1 fully saturated rings. The van der Waals surface area contributed by atoms with E-state index in [1.165, 1.54) is 19.3 Å². The number of carbonyl (C=O) groups excluding carboxylic acids is 1. The van der Waals surface area contributed by atoms with Crippen molar-refractivity contribution in [3.63, 3.8) is 0 Å². The molecule has 0 saturated heterocycles. The number of ketones is 1. The van der Waals surface area contributed by atoms with Crippen LogP contribution < -0.4 is 4.74 Å². The highest BCUT2D eigenvalue weighted by Crippen LogP contribution is 2.33. The number of benzene rings is 1. The summed E-state index contributed by atoms with van der Waals surface area (Å²) in [7, 11) is 0. The van der Waals surface area contributed by atoms with Gasteiger partial charge in [-0.15, -0.1) is 0 Å². The fourth-order valence-electron chi connectivity index (χ4n) is 3.04. The SMILES string of the molecule is CCOc1cccc(C(=O)C2CCCC(CC)C2)c1. The third-order valence-corrected chi connectivity index (χ3v) is 4.16. The van der Waals surface area contributed by atoms with Gasteiger partial charge in [0.15, 0.2) is 5.78 Å². The maximum absolute atomic E-state index is 12.6. The lowest BCUT2D eigenvalue weighted by atomic mass is 9.77. The van der Waals surface area contributed by atoms with Gasteiger partial charge in [-0.25, -0.2) is 0 Å². The van der Waals surface area contributed by atoms with Crippen molar-refractivity contribution in [2.75, 3.05) is 6.61 Å². The summed E-state index contributed by atoms with van der Waals surface area (Å²) in [6.45, 7) is 4.83. The summed E-state index contributed by atoms with van der Waals surface area (Å²) < 4.78 is 5.47. The molecule has 2 rings (SSSR count). The molecule has 2 atom stereocenters. The lowest BCUT2D eigenvalue weighted by molar-refractivity contribution is 0.0861. The van der Waals surface area contributed by atoms with Crippen LogP contribution in [-0.2, 0) is 0 Å². The highest BCUT2D eigenvalue weighted by Gasteiger charge is 2.27. The minimum atomic E-state index is 0.218. The van der Waals surface area contributed by atoms with Crippen LogP contribution in [0.3, 0.4) is 0 Å². The predicted molar refractivity (Wildman–Crippen MR) is 77.7 cm³/mol. The van der Waals surface area contributed by atoms with Crippen LogP contribution in [-0.4, -0.2) is 12.4 Å². The molecule has 0 amide bonds. The topological polar surface area (TPSA) is 26.3 Å². The molecule has 1 saturated carbocycles. The van der Waals surface area contributed by atoms with Gasteiger partial charge in [-0.1, -0.05) is 38.3 Å². The second-order valence-electron chi connectivity index (χ2n) is 5.46. The minimum absolute atomic E-state index is 0.218. The molecule has 2 heteroatoms. The van der Waals surface area contributed by atoms with Gasteiger partial charge in [0.25, 0.3) is 0 Å². The number of ether oxygens (including phenoxy) is 1. The summed E-state index contributed by atoms with van der Waals surface area (Å²) in [5.41, 5.74) is 0.813. The largest absolute Gasteiger partial charge is 0.494 e. The Morgan fingerprint density at radius 2 is 2.16 bits per heavy atom. The van der Waals surface area contributed by atoms with Crippen molar-refractivity contribution in [2.24, 2.45) is 11.8 Å². The first-order chi connectivity index (χ1) is 9.24. The second-order valence-corrected chi connectivity index (χ2v) is 5.46. The molecule has 0 radical (unpaired) electrons. The van der Waals surface area contributed by atoms with Crippen LogP contribution in [0.5, 0.6) is 5.75 Å². The van der Waals surface area contributed by atoms with E-state index in [-0.39, 0.29) is 5.92 Å². The van der Waals surface area contributed by atoms with Gasteiger partial charge in [0.2, 0.25) is 0 Å². The van der Waals surface area contributed by atoms with Crippen LogP contribution in [0.15, 0.2) is 24.3 Å². The number of carbonyl (C=O) groups is 1. The summed E-state index contributed by atoms with van der Waals surface area (Å²) in [4.78, 5) is 12.6. The van der Waals surface area contributed by atoms with Gasteiger partial charge in [0.1, 0.15) is 5.75 Å². The van der Waals surface area contributed by atoms with Crippen molar-refractivity contribution >= 4 is 5.78 Å². The molecule has 0 heterocycles. The van der Waals surface area contributed by atoms with Gasteiger partial charge in [0, 0.05) is 11.5 Å². The Hall–Kier alpha value is -1.31. The zero-order chi connectivity index (χ0) is 13.7. The molecule has 1 aliphatic carbocycles. The van der Waals surface area contributed by atoms with Crippen LogP contribution in [0, 0.1) is 11.8 Å². The number of hydrogen-bond acceptors (Lipinski definition) is 2. The fraction of sp³-hybridized carbons (Fsp3) is 0.588. The third kappa shape index (κ3) is 3.59. The van der Waals surface area contributed by atoms with E-state index in [4.69, 9.17) is 4.74 Å². The summed E-state index contributed by atoms with van der Waals surface area (Å²) in [6.07, 6.45) is 5.80. The van der Waals surface area contributed by atoms with E-state index < -0.39 is 0 Å². The first kappa shape index (κ1) is 14.1. The third-order valence-electron chi connectivity index (χ3n) is 4.16. The van der Waals surface area contributed by atoms with E-state index in [0.717, 1.165) is 30.1 Å². The van der Waals surface area contributed by atoms with Crippen molar-refractivity contribution in [1.82, 2.24) is 0 Å². The molecule has 19 heavy (non-hydrogen) atoms. The standard InChI is InChI=1S/C17H24O2/c1-3-13-7-5-8-14(11-13)17(18)15-9-6-10-16(12-15)19-4-2/h6,9-10,12-14H,3-5,7-8,11H2,1-2H3. The molecule has 2 nitrogen and oxygen atoms in total. The molecular weight excluding hydrogens is 236 g/mol. The van der Waals surface area contributed by atoms with Crippen molar-refractivity contribution in [1.29, 1.82) is 0 Å². The average Bonchev–Trinajstić information content (AvgIpc) is 2.47. The van der Waals surface area contributed by atoms with E-state index in [2.05, 4.69) is 6.92 Å². The molecule has 0 spiro atoms. The number of hydrogen-bond donors (Lipinski definition) is 0. The Kier molecular flexibility index (Phi) is 5.00. The summed E-state index contributed by atoms with van der Waals surface area (Å²) in [5, 5.41) is 0. The molecule has 1 aromatic rings. The van der Waals surface area contributed by atoms with Crippen molar-refractivity contribution in [2.45, 2.75) is 46.0 Å². The summed E-state index contributed by atoms with van der Waals surface area (Å²) >= 11 is 0. The Morgan fingerprint density at radius 1 is 1.32 bits per heavy atom.